The molecule has 0 bridgehead atoms. The van der Waals surface area contributed by atoms with Crippen molar-refractivity contribution in [3.8, 4) is 11.4 Å². The van der Waals surface area contributed by atoms with Gasteiger partial charge in [0.15, 0.2) is 0 Å². The van der Waals surface area contributed by atoms with Crippen molar-refractivity contribution in [3.63, 3.8) is 0 Å². The van der Waals surface area contributed by atoms with Crippen LogP contribution >= 0.6 is 23.2 Å². The Morgan fingerprint density at radius 1 is 1.00 bits per heavy atom. The zero-order valence-corrected chi connectivity index (χ0v) is 15.5. The van der Waals surface area contributed by atoms with Gasteiger partial charge in [0.25, 0.3) is 5.91 Å². The molecule has 0 radical (unpaired) electrons. The van der Waals surface area contributed by atoms with Crippen LogP contribution in [-0.4, -0.2) is 15.9 Å². The number of H-pyrrole nitrogens is 1. The summed E-state index contributed by atoms with van der Waals surface area (Å²) in [5.74, 6) is 0.353. The maximum atomic E-state index is 12.5. The van der Waals surface area contributed by atoms with E-state index < -0.39 is 0 Å². The molecule has 1 amide bonds. The van der Waals surface area contributed by atoms with Gasteiger partial charge in [-0.15, -0.1) is 0 Å². The average Bonchev–Trinajstić information content (AvgIpc) is 3.05. The van der Waals surface area contributed by atoms with Crippen molar-refractivity contribution >= 4 is 51.5 Å². The van der Waals surface area contributed by atoms with Gasteiger partial charge in [-0.2, -0.15) is 0 Å². The number of rotatable bonds is 3. The number of aromatic nitrogens is 2. The van der Waals surface area contributed by atoms with Crippen LogP contribution < -0.4 is 11.1 Å². The highest BCUT2D eigenvalue weighted by atomic mass is 35.5. The summed E-state index contributed by atoms with van der Waals surface area (Å²) in [6.07, 6.45) is 0. The quantitative estimate of drug-likeness (QED) is 0.407. The molecular formula is C20H14Cl2N4O. The fraction of sp³-hybridized carbons (Fsp3) is 0. The lowest BCUT2D eigenvalue weighted by Gasteiger charge is -2.08. The number of nitrogen functional groups attached to an aromatic ring is 1. The van der Waals surface area contributed by atoms with Crippen LogP contribution in [0.4, 0.5) is 11.4 Å². The topological polar surface area (TPSA) is 83.8 Å². The predicted octanol–water partition coefficient (Wildman–Crippen LogP) is 5.37. The second-order valence-electron chi connectivity index (χ2n) is 5.99. The van der Waals surface area contributed by atoms with Crippen LogP contribution in [0.5, 0.6) is 0 Å². The van der Waals surface area contributed by atoms with Gasteiger partial charge in [-0.3, -0.25) is 4.79 Å². The zero-order chi connectivity index (χ0) is 19.0. The number of halogens is 2. The van der Waals surface area contributed by atoms with Crippen LogP contribution in [0.15, 0.2) is 60.7 Å². The fourth-order valence-electron chi connectivity index (χ4n) is 2.77. The van der Waals surface area contributed by atoms with Gasteiger partial charge in [0.05, 0.1) is 26.6 Å². The molecule has 4 rings (SSSR count). The highest BCUT2D eigenvalue weighted by molar-refractivity contribution is 6.40. The molecule has 0 aliphatic carbocycles. The number of nitrogens with zero attached hydrogens (tertiary/aromatic N) is 1. The number of nitrogens with one attached hydrogen (secondary N) is 2. The molecule has 7 heteroatoms. The highest BCUT2D eigenvalue weighted by Gasteiger charge is 2.15. The second kappa shape index (κ2) is 6.95. The van der Waals surface area contributed by atoms with Gasteiger partial charge in [-0.25, -0.2) is 4.98 Å². The molecule has 1 aromatic heterocycles. The normalized spacial score (nSPS) is 10.9. The van der Waals surface area contributed by atoms with E-state index in [1.807, 2.05) is 36.4 Å². The Bertz CT molecular complexity index is 1130. The Balaban J connectivity index is 1.64. The minimum atomic E-state index is -0.372. The minimum Gasteiger partial charge on any atom is -0.399 e. The standard InChI is InChI=1S/C20H14Cl2N4O/c21-14-2-1-3-15(22)18(14)20(27)24-13-8-9-16-17(10-13)26-19(25-16)11-4-6-12(23)7-5-11/h1-10H,23H2,(H,24,27)(H,25,26). The lowest BCUT2D eigenvalue weighted by Crippen LogP contribution is -2.13. The van der Waals surface area contributed by atoms with Gasteiger partial charge >= 0.3 is 0 Å². The molecule has 0 aliphatic rings. The summed E-state index contributed by atoms with van der Waals surface area (Å²) < 4.78 is 0. The number of anilines is 2. The van der Waals surface area contributed by atoms with E-state index in [4.69, 9.17) is 28.9 Å². The van der Waals surface area contributed by atoms with Gasteiger partial charge < -0.3 is 16.0 Å². The van der Waals surface area contributed by atoms with Gasteiger partial charge in [-0.05, 0) is 54.6 Å². The maximum Gasteiger partial charge on any atom is 0.258 e. The number of fused-ring (bicyclic) bond motifs is 1. The number of carbonyl (C=O) groups excluding carboxylic acids is 1. The van der Waals surface area contributed by atoms with E-state index in [2.05, 4.69) is 15.3 Å². The molecular weight excluding hydrogens is 383 g/mol. The minimum absolute atomic E-state index is 0.244. The van der Waals surface area contributed by atoms with E-state index in [1.54, 1.807) is 24.3 Å². The third kappa shape index (κ3) is 3.47. The van der Waals surface area contributed by atoms with Crippen LogP contribution in [0.3, 0.4) is 0 Å². The van der Waals surface area contributed by atoms with E-state index >= 15 is 0 Å². The summed E-state index contributed by atoms with van der Waals surface area (Å²) in [7, 11) is 0. The van der Waals surface area contributed by atoms with Crippen molar-refractivity contribution in [1.82, 2.24) is 9.97 Å². The summed E-state index contributed by atoms with van der Waals surface area (Å²) in [5.41, 5.74) is 9.78. The number of imidazole rings is 1. The third-order valence-corrected chi connectivity index (χ3v) is 4.74. The molecule has 4 N–H and O–H groups in total. The first-order valence-corrected chi connectivity index (χ1v) is 8.88. The van der Waals surface area contributed by atoms with E-state index in [1.165, 1.54) is 0 Å². The molecule has 0 aliphatic heterocycles. The summed E-state index contributed by atoms with van der Waals surface area (Å²) >= 11 is 12.2. The van der Waals surface area contributed by atoms with Gasteiger partial charge in [0.2, 0.25) is 0 Å². The monoisotopic (exact) mass is 396 g/mol. The molecule has 0 spiro atoms. The molecule has 0 fully saturated rings. The number of benzene rings is 3. The summed E-state index contributed by atoms with van der Waals surface area (Å²) in [5, 5.41) is 3.41. The molecule has 1 heterocycles. The molecule has 5 nitrogen and oxygen atoms in total. The van der Waals surface area contributed by atoms with Crippen molar-refractivity contribution in [2.45, 2.75) is 0 Å². The van der Waals surface area contributed by atoms with Crippen molar-refractivity contribution in [1.29, 1.82) is 0 Å². The molecule has 0 atom stereocenters. The van der Waals surface area contributed by atoms with Gasteiger partial charge in [0.1, 0.15) is 5.82 Å². The number of nitrogens with two attached hydrogens (primary N) is 1. The van der Waals surface area contributed by atoms with Gasteiger partial charge in [0, 0.05) is 16.9 Å². The molecule has 0 unspecified atom stereocenters. The van der Waals surface area contributed by atoms with Crippen LogP contribution in [0.2, 0.25) is 10.0 Å². The molecule has 134 valence electrons. The molecule has 0 saturated heterocycles. The first-order chi connectivity index (χ1) is 13.0. The second-order valence-corrected chi connectivity index (χ2v) is 6.80. The van der Waals surface area contributed by atoms with E-state index in [0.717, 1.165) is 22.4 Å². The smallest absolute Gasteiger partial charge is 0.258 e. The van der Waals surface area contributed by atoms with Crippen LogP contribution in [0, 0.1) is 0 Å². The fourth-order valence-corrected chi connectivity index (χ4v) is 3.34. The number of hydrogen-bond acceptors (Lipinski definition) is 3. The van der Waals surface area contributed by atoms with Crippen molar-refractivity contribution in [2.24, 2.45) is 0 Å². The van der Waals surface area contributed by atoms with Crippen molar-refractivity contribution in [3.05, 3.63) is 76.3 Å². The molecule has 27 heavy (non-hydrogen) atoms. The highest BCUT2D eigenvalue weighted by Crippen LogP contribution is 2.27. The summed E-state index contributed by atoms with van der Waals surface area (Å²) in [4.78, 5) is 20.4. The number of aromatic amines is 1. The Hall–Kier alpha value is -3.02. The lowest BCUT2D eigenvalue weighted by molar-refractivity contribution is 0.102. The van der Waals surface area contributed by atoms with Crippen molar-refractivity contribution in [2.75, 3.05) is 11.1 Å². The largest absolute Gasteiger partial charge is 0.399 e. The third-order valence-electron chi connectivity index (χ3n) is 4.11. The first kappa shape index (κ1) is 17.4. The average molecular weight is 397 g/mol. The number of carbonyl (C=O) groups is 1. The first-order valence-electron chi connectivity index (χ1n) is 8.12. The molecule has 4 aromatic rings. The molecule has 3 aromatic carbocycles. The van der Waals surface area contributed by atoms with Gasteiger partial charge in [-0.1, -0.05) is 29.3 Å². The maximum absolute atomic E-state index is 12.5. The Morgan fingerprint density at radius 3 is 2.41 bits per heavy atom. The van der Waals surface area contributed by atoms with Crippen molar-refractivity contribution < 1.29 is 4.79 Å². The SMILES string of the molecule is Nc1ccc(-c2nc3ccc(NC(=O)c4c(Cl)cccc4Cl)cc3[nH]2)cc1. The Morgan fingerprint density at radius 2 is 1.70 bits per heavy atom. The number of amides is 1. The predicted molar refractivity (Wildman–Crippen MR) is 110 cm³/mol. The Labute approximate surface area is 165 Å². The number of hydrogen-bond donors (Lipinski definition) is 3. The van der Waals surface area contributed by atoms with E-state index in [0.29, 0.717) is 21.4 Å². The Kier molecular flexibility index (Phi) is 4.48. The summed E-state index contributed by atoms with van der Waals surface area (Å²) in [6, 6.07) is 17.8. The van der Waals surface area contributed by atoms with E-state index in [-0.39, 0.29) is 11.5 Å². The molecule has 0 saturated carbocycles. The van der Waals surface area contributed by atoms with Crippen LogP contribution in [0.25, 0.3) is 22.4 Å². The zero-order valence-electron chi connectivity index (χ0n) is 14.0. The lowest BCUT2D eigenvalue weighted by atomic mass is 10.2. The van der Waals surface area contributed by atoms with E-state index in [9.17, 15) is 4.79 Å². The summed E-state index contributed by atoms with van der Waals surface area (Å²) in [6.45, 7) is 0. The van der Waals surface area contributed by atoms with Crippen LogP contribution in [0.1, 0.15) is 10.4 Å². The van der Waals surface area contributed by atoms with Crippen LogP contribution in [-0.2, 0) is 0 Å².